The van der Waals surface area contributed by atoms with Crippen LogP contribution in [0, 0.1) is 0 Å². The van der Waals surface area contributed by atoms with E-state index in [9.17, 15) is 9.59 Å². The van der Waals surface area contributed by atoms with Crippen LogP contribution in [0.2, 0.25) is 0 Å². The number of hydrogen-bond donors (Lipinski definition) is 0. The van der Waals surface area contributed by atoms with Crippen LogP contribution in [-0.4, -0.2) is 60.7 Å². The molecule has 0 atom stereocenters. The number of carbonyl (C=O) groups excluding carboxylic acids is 4. The Bertz CT molecular complexity index is 2680. The maximum absolute atomic E-state index is 15.3. The second-order valence-electron chi connectivity index (χ2n) is 18.2. The number of carbonyl (C=O) groups is 4. The van der Waals surface area contributed by atoms with E-state index in [2.05, 4.69) is 41.8 Å². The lowest BCUT2D eigenvalue weighted by Crippen LogP contribution is -2.47. The summed E-state index contributed by atoms with van der Waals surface area (Å²) in [5, 5.41) is 7.24. The molecule has 4 aliphatic heterocycles. The van der Waals surface area contributed by atoms with Gasteiger partial charge in [0, 0.05) is 87.0 Å². The summed E-state index contributed by atoms with van der Waals surface area (Å²) in [4.78, 5) is 67.4. The van der Waals surface area contributed by atoms with E-state index in [-0.39, 0.29) is 29.7 Å². The van der Waals surface area contributed by atoms with Crippen LogP contribution >= 0.6 is 0 Å². The predicted molar refractivity (Wildman–Crippen MR) is 249 cm³/mol. The van der Waals surface area contributed by atoms with E-state index in [1.807, 2.05) is 48.5 Å². The molecule has 0 spiro atoms. The van der Waals surface area contributed by atoms with Gasteiger partial charge in [-0.2, -0.15) is 0 Å². The van der Waals surface area contributed by atoms with Gasteiger partial charge in [-0.1, -0.05) is 108 Å². The van der Waals surface area contributed by atoms with Crippen molar-refractivity contribution in [1.29, 1.82) is 0 Å². The Morgan fingerprint density at radius 3 is 1.41 bits per heavy atom. The fourth-order valence-corrected chi connectivity index (χ4v) is 11.4. The van der Waals surface area contributed by atoms with Crippen molar-refractivity contribution in [2.24, 2.45) is 0 Å². The van der Waals surface area contributed by atoms with E-state index in [4.69, 9.17) is 0 Å². The molecule has 0 aromatic heterocycles. The fourth-order valence-electron chi connectivity index (χ4n) is 11.4. The highest BCUT2D eigenvalue weighted by molar-refractivity contribution is 6.46. The Labute approximate surface area is 359 Å². The van der Waals surface area contributed by atoms with Crippen molar-refractivity contribution in [2.75, 3.05) is 40.9 Å². The summed E-state index contributed by atoms with van der Waals surface area (Å²) in [6.07, 6.45) is 17.3. The number of anilines is 3. The van der Waals surface area contributed by atoms with Gasteiger partial charge in [0.05, 0.1) is 16.8 Å². The first kappa shape index (κ1) is 39.6. The summed E-state index contributed by atoms with van der Waals surface area (Å²) in [6.45, 7) is 7.93. The van der Waals surface area contributed by atoms with Crippen LogP contribution in [0.5, 0.6) is 0 Å². The van der Waals surface area contributed by atoms with Gasteiger partial charge < -0.3 is 9.80 Å². The Hall–Kier alpha value is -5.50. The molecule has 0 saturated carbocycles. The van der Waals surface area contributed by atoms with E-state index in [1.165, 1.54) is 43.4 Å². The number of unbranched alkanes of at least 4 members (excludes halogenated alkanes) is 8. The zero-order valence-corrected chi connectivity index (χ0v) is 36.0. The molecule has 61 heavy (non-hydrogen) atoms. The summed E-state index contributed by atoms with van der Waals surface area (Å²) >= 11 is 0. The molecule has 10 rings (SSSR count). The quantitative estimate of drug-likeness (QED) is 0.0419. The molecule has 0 aliphatic carbocycles. The van der Waals surface area contributed by atoms with Crippen LogP contribution in [0.15, 0.2) is 66.7 Å². The van der Waals surface area contributed by atoms with Gasteiger partial charge in [0.25, 0.3) is 23.6 Å². The minimum Gasteiger partial charge on any atom is -0.371 e. The minimum absolute atomic E-state index is 0.141. The molecule has 4 heterocycles. The molecule has 0 unspecified atom stereocenters. The van der Waals surface area contributed by atoms with Crippen LogP contribution in [-0.2, 0) is 0 Å². The number of nitrogens with zero attached hydrogens (tertiary/aromatic N) is 4. The van der Waals surface area contributed by atoms with Crippen molar-refractivity contribution in [3.05, 3.63) is 89.0 Å². The highest BCUT2D eigenvalue weighted by atomic mass is 16.2. The third-order valence-corrected chi connectivity index (χ3v) is 14.4. The zero-order chi connectivity index (χ0) is 41.8. The average Bonchev–Trinajstić information content (AvgIpc) is 4.03. The van der Waals surface area contributed by atoms with Crippen molar-refractivity contribution >= 4 is 83.8 Å². The van der Waals surface area contributed by atoms with Gasteiger partial charge in [0.2, 0.25) is 0 Å². The van der Waals surface area contributed by atoms with Crippen LogP contribution in [0.1, 0.15) is 158 Å². The van der Waals surface area contributed by atoms with Crippen molar-refractivity contribution in [1.82, 2.24) is 4.90 Å². The third kappa shape index (κ3) is 6.46. The Balaban J connectivity index is 1.21. The molecule has 4 aliphatic rings. The van der Waals surface area contributed by atoms with Gasteiger partial charge in [-0.3, -0.25) is 24.1 Å². The minimum atomic E-state index is -0.326. The van der Waals surface area contributed by atoms with Crippen LogP contribution in [0.4, 0.5) is 17.1 Å². The maximum atomic E-state index is 15.3. The number of benzene rings is 6. The summed E-state index contributed by atoms with van der Waals surface area (Å²) in [5.74, 6) is -0.983. The molecule has 4 amide bonds. The van der Waals surface area contributed by atoms with Gasteiger partial charge in [-0.05, 0) is 85.7 Å². The number of hydrogen-bond acceptors (Lipinski definition) is 6. The monoisotopic (exact) mass is 814 g/mol. The first-order valence-electron chi connectivity index (χ1n) is 23.5. The van der Waals surface area contributed by atoms with Crippen LogP contribution in [0.25, 0.3) is 43.1 Å². The van der Waals surface area contributed by atoms with Crippen molar-refractivity contribution in [3.8, 4) is 0 Å². The number of fused-ring (bicyclic) bond motifs is 2. The smallest absolute Gasteiger partial charge is 0.266 e. The fraction of sp³-hybridized carbons (Fsp3) is 0.434. The lowest BCUT2D eigenvalue weighted by atomic mass is 9.80. The molecule has 2 fully saturated rings. The topological polar surface area (TPSA) is 81.2 Å². The lowest BCUT2D eigenvalue weighted by molar-refractivity contribution is 0.0516. The first-order chi connectivity index (χ1) is 29.9. The Morgan fingerprint density at radius 1 is 0.459 bits per heavy atom. The summed E-state index contributed by atoms with van der Waals surface area (Å²) < 4.78 is 0. The number of para-hydroxylation sites is 1. The molecule has 0 N–H and O–H groups in total. The predicted octanol–water partition coefficient (Wildman–Crippen LogP) is 12.4. The van der Waals surface area contributed by atoms with E-state index >= 15 is 9.59 Å². The van der Waals surface area contributed by atoms with Gasteiger partial charge in [0.15, 0.2) is 0 Å². The summed E-state index contributed by atoms with van der Waals surface area (Å²) in [7, 11) is 0. The second kappa shape index (κ2) is 16.4. The van der Waals surface area contributed by atoms with E-state index in [1.54, 1.807) is 4.90 Å². The standard InChI is InChI=1S/C53H58N4O4/c1-3-5-7-9-12-20-34(21-13-10-8-6-4-2)56-50(58)38-26-24-36-47-43(55-30-18-19-31-55)33-41-45-39(51(59)57(53(41)61)35-22-14-11-15-23-35)27-25-37(49(45)47)46-42(54-28-16-17-29-54)32-40(52(56)60)44(38)48(36)46/h11,14-15,22-27,32-34H,3-10,12-13,16-21,28-31H2,1-2H3. The van der Waals surface area contributed by atoms with Crippen molar-refractivity contribution in [3.63, 3.8) is 0 Å². The van der Waals surface area contributed by atoms with E-state index < -0.39 is 0 Å². The number of imide groups is 2. The Kier molecular flexibility index (Phi) is 10.7. The highest BCUT2D eigenvalue weighted by Gasteiger charge is 2.41. The van der Waals surface area contributed by atoms with E-state index in [0.717, 1.165) is 139 Å². The zero-order valence-electron chi connectivity index (χ0n) is 36.0. The normalized spacial score (nSPS) is 16.8. The Morgan fingerprint density at radius 2 is 0.902 bits per heavy atom. The molecule has 2 saturated heterocycles. The van der Waals surface area contributed by atoms with Gasteiger partial charge in [-0.25, -0.2) is 4.90 Å². The largest absolute Gasteiger partial charge is 0.371 e. The number of amides is 4. The second-order valence-corrected chi connectivity index (χ2v) is 18.2. The molecule has 0 bridgehead atoms. The number of rotatable bonds is 16. The molecule has 6 aromatic rings. The van der Waals surface area contributed by atoms with Crippen LogP contribution < -0.4 is 14.7 Å². The summed E-state index contributed by atoms with van der Waals surface area (Å²) in [6, 6.07) is 21.3. The lowest BCUT2D eigenvalue weighted by Gasteiger charge is -2.36. The molecular weight excluding hydrogens is 757 g/mol. The van der Waals surface area contributed by atoms with Gasteiger partial charge >= 0.3 is 0 Å². The van der Waals surface area contributed by atoms with E-state index in [0.29, 0.717) is 33.3 Å². The molecule has 8 heteroatoms. The van der Waals surface area contributed by atoms with Crippen LogP contribution in [0.3, 0.4) is 0 Å². The van der Waals surface area contributed by atoms with Gasteiger partial charge in [0.1, 0.15) is 0 Å². The first-order valence-corrected chi connectivity index (χ1v) is 23.5. The van der Waals surface area contributed by atoms with Crippen molar-refractivity contribution in [2.45, 2.75) is 123 Å². The molecule has 8 nitrogen and oxygen atoms in total. The third-order valence-electron chi connectivity index (χ3n) is 14.4. The average molecular weight is 815 g/mol. The van der Waals surface area contributed by atoms with Gasteiger partial charge in [-0.15, -0.1) is 0 Å². The van der Waals surface area contributed by atoms with Crippen molar-refractivity contribution < 1.29 is 19.2 Å². The maximum Gasteiger partial charge on any atom is 0.266 e. The molecular formula is C53H58N4O4. The highest BCUT2D eigenvalue weighted by Crippen LogP contribution is 2.53. The molecule has 314 valence electrons. The molecule has 0 radical (unpaired) electrons. The summed E-state index contributed by atoms with van der Waals surface area (Å²) in [5.41, 5.74) is 4.81. The SMILES string of the molecule is CCCCCCCC(CCCCCCC)N1C(=O)c2ccc3c4c(N5CCCC5)cc5c6c(ccc(c7c(N8CCCC8)cc(c2c37)C1=O)c64)C(=O)N(c1ccccc1)C5=O. The molecule has 6 aromatic carbocycles.